The molecule has 1 aromatic heterocycles. The fraction of sp³-hybridized carbons (Fsp3) is 0.471. The molecule has 0 bridgehead atoms. The van der Waals surface area contributed by atoms with Crippen LogP contribution in [0, 0.1) is 0 Å². The van der Waals surface area contributed by atoms with E-state index in [2.05, 4.69) is 39.0 Å². The van der Waals surface area contributed by atoms with Gasteiger partial charge in [-0.1, -0.05) is 34.8 Å². The number of ether oxygens (including phenoxy) is 1. The molecule has 8 heteroatoms. The summed E-state index contributed by atoms with van der Waals surface area (Å²) in [5.74, 6) is 0. The maximum absolute atomic E-state index is 12.4. The van der Waals surface area contributed by atoms with E-state index in [1.54, 1.807) is 7.11 Å². The average molecular weight is 361 g/mol. The zero-order valence-corrected chi connectivity index (χ0v) is 15.4. The molecule has 1 fully saturated rings. The fourth-order valence-corrected chi connectivity index (χ4v) is 3.55. The van der Waals surface area contributed by atoms with Gasteiger partial charge in [-0.15, -0.1) is 5.10 Å². The van der Waals surface area contributed by atoms with Gasteiger partial charge in [0.2, 0.25) is 0 Å². The van der Waals surface area contributed by atoms with E-state index in [1.807, 2.05) is 30.3 Å². The Morgan fingerprint density at radius 1 is 1.32 bits per heavy atom. The maximum Gasteiger partial charge on any atom is 0.320 e. The van der Waals surface area contributed by atoms with Crippen molar-refractivity contribution in [1.29, 1.82) is 0 Å². The van der Waals surface area contributed by atoms with E-state index in [-0.39, 0.29) is 18.2 Å². The van der Waals surface area contributed by atoms with E-state index in [9.17, 15) is 4.79 Å². The second kappa shape index (κ2) is 7.90. The molecule has 0 saturated carbocycles. The molecule has 0 radical (unpaired) electrons. The van der Waals surface area contributed by atoms with Crippen LogP contribution in [0.3, 0.4) is 0 Å². The van der Waals surface area contributed by atoms with E-state index < -0.39 is 0 Å². The normalized spacial score (nSPS) is 20.8. The minimum absolute atomic E-state index is 0.0127. The molecular formula is C17H23N5O2S. The number of likely N-dealkylation sites (tertiary alicyclic amines) is 1. The largest absolute Gasteiger partial charge is 0.378 e. The molecule has 3 rings (SSSR count). The molecule has 2 heterocycles. The first-order valence-electron chi connectivity index (χ1n) is 8.30. The lowest BCUT2D eigenvalue weighted by Crippen LogP contribution is -2.45. The minimum Gasteiger partial charge on any atom is -0.378 e. The molecule has 0 spiro atoms. The van der Waals surface area contributed by atoms with Crippen LogP contribution in [0.25, 0.3) is 11.3 Å². The van der Waals surface area contributed by atoms with Crippen molar-refractivity contribution in [2.75, 3.05) is 25.5 Å². The lowest BCUT2D eigenvalue weighted by atomic mass is 10.2. The summed E-state index contributed by atoms with van der Waals surface area (Å²) in [4.78, 5) is 14.7. The van der Waals surface area contributed by atoms with Gasteiger partial charge in [-0.25, -0.2) is 4.79 Å². The van der Waals surface area contributed by atoms with Crippen LogP contribution in [0.1, 0.15) is 13.8 Å². The quantitative estimate of drug-likeness (QED) is 0.855. The summed E-state index contributed by atoms with van der Waals surface area (Å²) in [6.07, 6.45) is -0.0127. The molecule has 134 valence electrons. The highest BCUT2D eigenvalue weighted by molar-refractivity contribution is 7.10. The Bertz CT molecular complexity index is 706. The van der Waals surface area contributed by atoms with Crippen LogP contribution in [-0.4, -0.2) is 58.9 Å². The van der Waals surface area contributed by atoms with Crippen LogP contribution >= 0.6 is 11.5 Å². The Balaban J connectivity index is 1.65. The first kappa shape index (κ1) is 17.8. The number of nitrogens with one attached hydrogen (secondary N) is 2. The molecule has 0 aliphatic carbocycles. The van der Waals surface area contributed by atoms with Gasteiger partial charge < -0.3 is 10.1 Å². The van der Waals surface area contributed by atoms with E-state index in [1.165, 1.54) is 11.5 Å². The third-order valence-electron chi connectivity index (χ3n) is 4.41. The van der Waals surface area contributed by atoms with Crippen molar-refractivity contribution in [1.82, 2.24) is 19.8 Å². The average Bonchev–Trinajstić information content (AvgIpc) is 3.22. The van der Waals surface area contributed by atoms with E-state index in [0.29, 0.717) is 16.7 Å². The summed E-state index contributed by atoms with van der Waals surface area (Å²) in [5.41, 5.74) is 1.60. The van der Waals surface area contributed by atoms with Crippen molar-refractivity contribution in [2.45, 2.75) is 32.0 Å². The number of hydrogen-bond acceptors (Lipinski definition) is 6. The van der Waals surface area contributed by atoms with Crippen molar-refractivity contribution in [3.8, 4) is 11.3 Å². The predicted molar refractivity (Wildman–Crippen MR) is 98.8 cm³/mol. The van der Waals surface area contributed by atoms with Crippen LogP contribution in [0.2, 0.25) is 0 Å². The molecule has 1 saturated heterocycles. The van der Waals surface area contributed by atoms with Crippen LogP contribution in [0.15, 0.2) is 30.3 Å². The summed E-state index contributed by atoms with van der Waals surface area (Å²) in [6, 6.07) is 9.80. The summed E-state index contributed by atoms with van der Waals surface area (Å²) >= 11 is 1.17. The van der Waals surface area contributed by atoms with E-state index in [4.69, 9.17) is 4.74 Å². The number of urea groups is 1. The summed E-state index contributed by atoms with van der Waals surface area (Å²) in [6.45, 7) is 5.88. The molecule has 2 aromatic rings. The summed E-state index contributed by atoms with van der Waals surface area (Å²) < 4.78 is 9.49. The first-order valence-corrected chi connectivity index (χ1v) is 9.08. The second-order valence-corrected chi connectivity index (χ2v) is 7.10. The van der Waals surface area contributed by atoms with Crippen LogP contribution in [0.5, 0.6) is 0 Å². The topological polar surface area (TPSA) is 79.4 Å². The highest BCUT2D eigenvalue weighted by atomic mass is 32.1. The molecule has 0 unspecified atom stereocenters. The molecule has 2 amide bonds. The second-order valence-electron chi connectivity index (χ2n) is 6.34. The number of amides is 2. The third kappa shape index (κ3) is 4.15. The number of nitrogens with zero attached hydrogens (tertiary/aromatic N) is 3. The molecule has 1 aliphatic rings. The number of anilines is 1. The van der Waals surface area contributed by atoms with E-state index in [0.717, 1.165) is 18.7 Å². The number of rotatable bonds is 5. The van der Waals surface area contributed by atoms with Gasteiger partial charge in [-0.3, -0.25) is 10.2 Å². The monoisotopic (exact) mass is 361 g/mol. The molecular weight excluding hydrogens is 338 g/mol. The maximum atomic E-state index is 12.4. The lowest BCUT2D eigenvalue weighted by molar-refractivity contribution is 0.0896. The van der Waals surface area contributed by atoms with E-state index >= 15 is 0 Å². The van der Waals surface area contributed by atoms with Gasteiger partial charge in [0, 0.05) is 43.3 Å². The highest BCUT2D eigenvalue weighted by Gasteiger charge is 2.35. The van der Waals surface area contributed by atoms with Gasteiger partial charge in [-0.2, -0.15) is 0 Å². The Hall–Kier alpha value is -2.03. The van der Waals surface area contributed by atoms with Crippen molar-refractivity contribution in [3.63, 3.8) is 0 Å². The zero-order valence-electron chi connectivity index (χ0n) is 14.6. The van der Waals surface area contributed by atoms with Crippen LogP contribution < -0.4 is 10.6 Å². The number of aromatic nitrogens is 2. The van der Waals surface area contributed by atoms with Gasteiger partial charge in [-0.05, 0) is 13.8 Å². The van der Waals surface area contributed by atoms with Crippen molar-refractivity contribution in [2.24, 2.45) is 0 Å². The Labute approximate surface area is 151 Å². The SMILES string of the molecule is CO[C@@H]1CN(C(C)C)C[C@H]1NC(=O)Nc1snnc1-c1ccccc1. The van der Waals surface area contributed by atoms with Gasteiger partial charge in [0.25, 0.3) is 0 Å². The Morgan fingerprint density at radius 2 is 2.08 bits per heavy atom. The molecule has 2 atom stereocenters. The number of carbonyl (C=O) groups excluding carboxylic acids is 1. The van der Waals surface area contributed by atoms with Crippen molar-refractivity contribution >= 4 is 22.6 Å². The highest BCUT2D eigenvalue weighted by Crippen LogP contribution is 2.28. The minimum atomic E-state index is -0.263. The number of hydrogen-bond donors (Lipinski definition) is 2. The third-order valence-corrected chi connectivity index (χ3v) is 5.05. The van der Waals surface area contributed by atoms with Crippen LogP contribution in [0.4, 0.5) is 9.80 Å². The molecule has 25 heavy (non-hydrogen) atoms. The first-order chi connectivity index (χ1) is 12.1. The fourth-order valence-electron chi connectivity index (χ4n) is 2.97. The number of benzene rings is 1. The molecule has 1 aromatic carbocycles. The Morgan fingerprint density at radius 3 is 2.76 bits per heavy atom. The summed E-state index contributed by atoms with van der Waals surface area (Å²) in [5, 5.41) is 10.7. The lowest BCUT2D eigenvalue weighted by Gasteiger charge is -2.20. The Kier molecular flexibility index (Phi) is 5.62. The van der Waals surface area contributed by atoms with Crippen molar-refractivity contribution in [3.05, 3.63) is 30.3 Å². The van der Waals surface area contributed by atoms with Crippen LogP contribution in [-0.2, 0) is 4.74 Å². The number of carbonyl (C=O) groups is 1. The molecule has 2 N–H and O–H groups in total. The molecule has 1 aliphatic heterocycles. The smallest absolute Gasteiger partial charge is 0.320 e. The summed E-state index contributed by atoms with van der Waals surface area (Å²) in [7, 11) is 1.68. The molecule has 7 nitrogen and oxygen atoms in total. The predicted octanol–water partition coefficient (Wildman–Crippen LogP) is 2.43. The standard InChI is InChI=1S/C17H23N5O2S/c1-11(2)22-9-13(14(10-22)24-3)18-17(23)19-16-15(20-21-25-16)12-7-5-4-6-8-12/h4-8,11,13-14H,9-10H2,1-3H3,(H2,18,19,23)/t13-,14-/m1/s1. The van der Waals surface area contributed by atoms with Crippen molar-refractivity contribution < 1.29 is 9.53 Å². The zero-order chi connectivity index (χ0) is 17.8. The van der Waals surface area contributed by atoms with Gasteiger partial charge in [0.05, 0.1) is 12.1 Å². The van der Waals surface area contributed by atoms with Gasteiger partial charge >= 0.3 is 6.03 Å². The van der Waals surface area contributed by atoms with Gasteiger partial charge in [0.1, 0.15) is 10.7 Å². The van der Waals surface area contributed by atoms with Gasteiger partial charge in [0.15, 0.2) is 0 Å². The number of methoxy groups -OCH3 is 1.